The van der Waals surface area contributed by atoms with E-state index in [1.807, 2.05) is 17.5 Å². The van der Waals surface area contributed by atoms with Gasteiger partial charge in [0.15, 0.2) is 11.6 Å². The molecular weight excluding hydrogens is 267 g/mol. The number of amides is 1. The number of halogens is 1. The summed E-state index contributed by atoms with van der Waals surface area (Å²) in [5.74, 6) is 3.72. The molecule has 1 amide bonds. The summed E-state index contributed by atoms with van der Waals surface area (Å²) in [6.07, 6.45) is 2.05. The van der Waals surface area contributed by atoms with Crippen LogP contribution in [0.2, 0.25) is 0 Å². The summed E-state index contributed by atoms with van der Waals surface area (Å²) in [4.78, 5) is 16.7. The number of carbonyl (C=O) groups is 1. The third-order valence-electron chi connectivity index (χ3n) is 2.51. The van der Waals surface area contributed by atoms with Crippen molar-refractivity contribution < 1.29 is 9.18 Å². The van der Waals surface area contributed by atoms with E-state index in [1.165, 1.54) is 17.1 Å². The summed E-state index contributed by atoms with van der Waals surface area (Å²) in [5, 5.41) is 4.63. The molecule has 0 aromatic carbocycles. The van der Waals surface area contributed by atoms with Crippen LogP contribution in [0.5, 0.6) is 0 Å². The number of hydrazine groups is 1. The average molecular weight is 280 g/mol. The van der Waals surface area contributed by atoms with Gasteiger partial charge in [0.1, 0.15) is 0 Å². The van der Waals surface area contributed by atoms with Crippen LogP contribution in [0.3, 0.4) is 0 Å². The molecule has 0 saturated heterocycles. The highest BCUT2D eigenvalue weighted by atomic mass is 32.1. The summed E-state index contributed by atoms with van der Waals surface area (Å²) in [6, 6.07) is 5.25. The zero-order valence-electron chi connectivity index (χ0n) is 10.0. The second kappa shape index (κ2) is 6.26. The molecule has 2 aromatic heterocycles. The Hall–Kier alpha value is -1.99. The maximum absolute atomic E-state index is 13.8. The highest BCUT2D eigenvalue weighted by molar-refractivity contribution is 7.09. The molecule has 0 aliphatic heterocycles. The Kier molecular flexibility index (Phi) is 4.43. The van der Waals surface area contributed by atoms with Gasteiger partial charge in [-0.1, -0.05) is 6.07 Å². The van der Waals surface area contributed by atoms with E-state index in [2.05, 4.69) is 15.7 Å². The summed E-state index contributed by atoms with van der Waals surface area (Å²) in [5.41, 5.74) is 2.03. The van der Waals surface area contributed by atoms with Crippen molar-refractivity contribution in [2.75, 3.05) is 12.0 Å². The highest BCUT2D eigenvalue weighted by Gasteiger charge is 2.15. The second-order valence-electron chi connectivity index (χ2n) is 3.75. The Balaban J connectivity index is 1.96. The first kappa shape index (κ1) is 13.4. The van der Waals surface area contributed by atoms with Gasteiger partial charge in [0.05, 0.1) is 5.56 Å². The van der Waals surface area contributed by atoms with Gasteiger partial charge in [-0.2, -0.15) is 0 Å². The molecule has 0 fully saturated rings. The van der Waals surface area contributed by atoms with E-state index in [-0.39, 0.29) is 11.4 Å². The first-order chi connectivity index (χ1) is 9.22. The van der Waals surface area contributed by atoms with Crippen molar-refractivity contribution in [2.24, 2.45) is 5.84 Å². The van der Waals surface area contributed by atoms with Crippen LogP contribution in [0.25, 0.3) is 0 Å². The topological polar surface area (TPSA) is 80.0 Å². The van der Waals surface area contributed by atoms with Gasteiger partial charge in [-0.15, -0.1) is 11.3 Å². The minimum Gasteiger partial charge on any atom is -0.352 e. The maximum atomic E-state index is 13.8. The van der Waals surface area contributed by atoms with Crippen LogP contribution in [0.1, 0.15) is 15.2 Å². The molecule has 0 unspecified atom stereocenters. The van der Waals surface area contributed by atoms with Crippen molar-refractivity contribution in [3.05, 3.63) is 46.0 Å². The van der Waals surface area contributed by atoms with Gasteiger partial charge in [-0.05, 0) is 23.9 Å². The smallest absolute Gasteiger partial charge is 0.254 e. The van der Waals surface area contributed by atoms with E-state index in [0.29, 0.717) is 6.54 Å². The summed E-state index contributed by atoms with van der Waals surface area (Å²) < 4.78 is 13.8. The van der Waals surface area contributed by atoms with Crippen molar-refractivity contribution in [2.45, 2.75) is 6.42 Å². The molecule has 0 atom stereocenters. The van der Waals surface area contributed by atoms with Crippen LogP contribution in [0.15, 0.2) is 29.8 Å². The monoisotopic (exact) mass is 280 g/mol. The van der Waals surface area contributed by atoms with Crippen molar-refractivity contribution >= 4 is 23.1 Å². The molecule has 0 spiro atoms. The van der Waals surface area contributed by atoms with Crippen molar-refractivity contribution in [1.29, 1.82) is 0 Å². The number of anilines is 1. The van der Waals surface area contributed by atoms with Gasteiger partial charge in [0.25, 0.3) is 5.91 Å². The van der Waals surface area contributed by atoms with E-state index < -0.39 is 11.7 Å². The number of nitrogens with two attached hydrogens (primary N) is 1. The van der Waals surface area contributed by atoms with Gasteiger partial charge in [0.2, 0.25) is 0 Å². The van der Waals surface area contributed by atoms with E-state index in [1.54, 1.807) is 11.3 Å². The average Bonchev–Trinajstić information content (AvgIpc) is 2.92. The van der Waals surface area contributed by atoms with Crippen LogP contribution < -0.4 is 16.6 Å². The standard InChI is InChI=1S/C12H13FN4OS/c13-10-9(4-6-15-11(10)17-14)12(18)16-5-3-8-2-1-7-19-8/h1-2,4,6-7H,3,5,14H2,(H,15,17)(H,16,18). The lowest BCUT2D eigenvalue weighted by atomic mass is 10.2. The SMILES string of the molecule is NNc1nccc(C(=O)NCCc2cccs2)c1F. The van der Waals surface area contributed by atoms with Gasteiger partial charge in [-0.25, -0.2) is 15.2 Å². The molecule has 0 aliphatic carbocycles. The number of hydrogen-bond acceptors (Lipinski definition) is 5. The lowest BCUT2D eigenvalue weighted by molar-refractivity contribution is 0.0950. The van der Waals surface area contributed by atoms with Crippen molar-refractivity contribution in [3.8, 4) is 0 Å². The quantitative estimate of drug-likeness (QED) is 0.573. The molecule has 2 aromatic rings. The van der Waals surface area contributed by atoms with Crippen molar-refractivity contribution in [1.82, 2.24) is 10.3 Å². The molecule has 100 valence electrons. The van der Waals surface area contributed by atoms with Crippen molar-refractivity contribution in [3.63, 3.8) is 0 Å². The number of hydrogen-bond donors (Lipinski definition) is 3. The highest BCUT2D eigenvalue weighted by Crippen LogP contribution is 2.14. The largest absolute Gasteiger partial charge is 0.352 e. The summed E-state index contributed by atoms with van der Waals surface area (Å²) in [6.45, 7) is 0.451. The second-order valence-corrected chi connectivity index (χ2v) is 4.78. The Bertz CT molecular complexity index is 559. The van der Waals surface area contributed by atoms with Gasteiger partial charge in [0, 0.05) is 17.6 Å². The van der Waals surface area contributed by atoms with Crippen LogP contribution in [-0.2, 0) is 6.42 Å². The van der Waals surface area contributed by atoms with E-state index in [4.69, 9.17) is 5.84 Å². The number of pyridine rings is 1. The van der Waals surface area contributed by atoms with Gasteiger partial charge < -0.3 is 10.7 Å². The van der Waals surface area contributed by atoms with E-state index in [0.717, 1.165) is 6.42 Å². The fourth-order valence-electron chi connectivity index (χ4n) is 1.57. The normalized spacial score (nSPS) is 10.2. The fraction of sp³-hybridized carbons (Fsp3) is 0.167. The number of nitrogen functional groups attached to an aromatic ring is 1. The molecule has 0 radical (unpaired) electrons. The number of nitrogens with zero attached hydrogens (tertiary/aromatic N) is 1. The number of carbonyl (C=O) groups excluding carboxylic acids is 1. The Labute approximate surface area is 113 Å². The number of aromatic nitrogens is 1. The minimum atomic E-state index is -0.751. The van der Waals surface area contributed by atoms with Crippen LogP contribution in [0, 0.1) is 5.82 Å². The van der Waals surface area contributed by atoms with Crippen LogP contribution in [0.4, 0.5) is 10.2 Å². The fourth-order valence-corrected chi connectivity index (χ4v) is 2.28. The lowest BCUT2D eigenvalue weighted by Gasteiger charge is -2.07. The predicted octanol–water partition coefficient (Wildman–Crippen LogP) is 1.54. The first-order valence-electron chi connectivity index (χ1n) is 5.64. The zero-order valence-corrected chi connectivity index (χ0v) is 10.8. The molecular formula is C12H13FN4OS. The molecule has 0 saturated carbocycles. The number of rotatable bonds is 5. The molecule has 2 heterocycles. The van der Waals surface area contributed by atoms with Gasteiger partial charge in [-0.3, -0.25) is 4.79 Å². The predicted molar refractivity (Wildman–Crippen MR) is 72.4 cm³/mol. The molecule has 5 nitrogen and oxygen atoms in total. The third-order valence-corrected chi connectivity index (χ3v) is 3.44. The summed E-state index contributed by atoms with van der Waals surface area (Å²) in [7, 11) is 0. The summed E-state index contributed by atoms with van der Waals surface area (Å²) >= 11 is 1.62. The van der Waals surface area contributed by atoms with Gasteiger partial charge >= 0.3 is 0 Å². The molecule has 7 heteroatoms. The Morgan fingerprint density at radius 2 is 2.32 bits per heavy atom. The first-order valence-corrected chi connectivity index (χ1v) is 6.52. The van der Waals surface area contributed by atoms with E-state index >= 15 is 0 Å². The molecule has 19 heavy (non-hydrogen) atoms. The third kappa shape index (κ3) is 3.27. The zero-order chi connectivity index (χ0) is 13.7. The molecule has 0 bridgehead atoms. The molecule has 4 N–H and O–H groups in total. The maximum Gasteiger partial charge on any atom is 0.254 e. The van der Waals surface area contributed by atoms with E-state index in [9.17, 15) is 9.18 Å². The Morgan fingerprint density at radius 3 is 3.00 bits per heavy atom. The number of nitrogens with one attached hydrogen (secondary N) is 2. The molecule has 0 aliphatic rings. The Morgan fingerprint density at radius 1 is 1.47 bits per heavy atom. The lowest BCUT2D eigenvalue weighted by Crippen LogP contribution is -2.27. The van der Waals surface area contributed by atoms with Crippen LogP contribution in [-0.4, -0.2) is 17.4 Å². The minimum absolute atomic E-state index is 0.0749. The number of thiophene rings is 1. The van der Waals surface area contributed by atoms with Crippen LogP contribution >= 0.6 is 11.3 Å². The molecule has 2 rings (SSSR count).